The second-order valence-corrected chi connectivity index (χ2v) is 14.1. The van der Waals surface area contributed by atoms with Crippen molar-refractivity contribution in [2.45, 2.75) is 12.7 Å². The van der Waals surface area contributed by atoms with E-state index in [4.69, 9.17) is 70.8 Å². The first-order valence-electron chi connectivity index (χ1n) is 15.5. The highest BCUT2D eigenvalue weighted by atomic mass is 35.5. The molecule has 3 heterocycles. The fraction of sp³-hybridized carbons (Fsp3) is 0.176. The Morgan fingerprint density at radius 3 is 2.07 bits per heavy atom. The quantitative estimate of drug-likeness (QED) is 0.0834. The number of carboxylic acids is 2. The molecule has 0 spiro atoms. The van der Waals surface area contributed by atoms with Gasteiger partial charge in [-0.2, -0.15) is 15.0 Å². The van der Waals surface area contributed by atoms with Crippen LogP contribution >= 0.6 is 46.4 Å². The number of ether oxygens (including phenoxy) is 4. The number of carbonyl (C=O) groups is 4. The lowest BCUT2D eigenvalue weighted by molar-refractivity contribution is -0.139. The van der Waals surface area contributed by atoms with Crippen molar-refractivity contribution in [1.29, 1.82) is 0 Å². The van der Waals surface area contributed by atoms with Gasteiger partial charge in [-0.15, -0.1) is 0 Å². The molecule has 57 heavy (non-hydrogen) atoms. The number of sulfonamides is 1. The van der Waals surface area contributed by atoms with Gasteiger partial charge in [0.25, 0.3) is 0 Å². The summed E-state index contributed by atoms with van der Waals surface area (Å²) in [4.78, 5) is 60.4. The smallest absolute Gasteiger partial charge is 0.341 e. The first kappa shape index (κ1) is 45.7. The summed E-state index contributed by atoms with van der Waals surface area (Å²) in [6.07, 6.45) is 1.63. The standard InChI is InChI=1S/C16H18N4O7S.C11H8ClNO2.C7H4Cl3NO3/c1-25-12-8-13(26-2)18-15(17-12)19-16(22)20-28(23,24)9-10-6-4-5-7-11(10)14(21)27-3;1-6-4-7-2-3-8(12)9(11(14)15)10(7)13-5-6;8-3-1-4(9)7(11-6(3)10)14-2-5(12)13/h4-8H,9H2,1-3H3,(H2,17,18,19,20,22);2-5H,1H3,(H,14,15);1H,2H2,(H,12,13). The highest BCUT2D eigenvalue weighted by molar-refractivity contribution is 7.89. The predicted octanol–water partition coefficient (Wildman–Crippen LogP) is 6.33. The zero-order chi connectivity index (χ0) is 42.4. The van der Waals surface area contributed by atoms with E-state index in [2.05, 4.69) is 30.0 Å². The number of benzene rings is 2. The van der Waals surface area contributed by atoms with E-state index in [9.17, 15) is 27.6 Å². The third-order valence-electron chi connectivity index (χ3n) is 6.68. The number of esters is 1. The number of pyridine rings is 2. The highest BCUT2D eigenvalue weighted by Crippen LogP contribution is 2.30. The number of amides is 2. The molecule has 0 unspecified atom stereocenters. The van der Waals surface area contributed by atoms with Crippen LogP contribution in [-0.2, 0) is 25.3 Å². The molecule has 2 amide bonds. The number of anilines is 1. The maximum atomic E-state index is 12.3. The van der Waals surface area contributed by atoms with Gasteiger partial charge in [-0.05, 0) is 42.3 Å². The molecule has 23 heteroatoms. The minimum absolute atomic E-state index is 0.0106. The normalized spacial score (nSPS) is 10.5. The van der Waals surface area contributed by atoms with Crippen LogP contribution in [0.1, 0.15) is 31.8 Å². The fourth-order valence-electron chi connectivity index (χ4n) is 4.28. The van der Waals surface area contributed by atoms with Crippen LogP contribution in [0.5, 0.6) is 17.6 Å². The van der Waals surface area contributed by atoms with Gasteiger partial charge in [0.1, 0.15) is 10.6 Å². The molecule has 0 fully saturated rings. The van der Waals surface area contributed by atoms with Crippen LogP contribution in [0, 0.1) is 6.92 Å². The maximum absolute atomic E-state index is 12.3. The van der Waals surface area contributed by atoms with E-state index in [0.717, 1.165) is 10.9 Å². The number of rotatable bonds is 11. The van der Waals surface area contributed by atoms with Gasteiger partial charge in [0.2, 0.25) is 33.6 Å². The summed E-state index contributed by atoms with van der Waals surface area (Å²) in [5.74, 6) is -3.55. The number of carboxylic acid groups (broad SMARTS) is 2. The van der Waals surface area contributed by atoms with Crippen LogP contribution in [0.3, 0.4) is 0 Å². The molecule has 5 aromatic rings. The van der Waals surface area contributed by atoms with E-state index < -0.39 is 46.3 Å². The Kier molecular flexibility index (Phi) is 16.8. The van der Waals surface area contributed by atoms with Gasteiger partial charge in [-0.25, -0.2) is 32.3 Å². The third kappa shape index (κ3) is 13.8. The molecule has 0 radical (unpaired) electrons. The lowest BCUT2D eigenvalue weighted by atomic mass is 10.1. The Bertz CT molecular complexity index is 2390. The number of aliphatic carboxylic acids is 1. The summed E-state index contributed by atoms with van der Waals surface area (Å²) in [6.45, 7) is 1.37. The Morgan fingerprint density at radius 2 is 1.47 bits per heavy atom. The minimum Gasteiger partial charge on any atom is -0.481 e. The van der Waals surface area contributed by atoms with E-state index in [1.54, 1.807) is 30.5 Å². The van der Waals surface area contributed by atoms with Crippen LogP contribution < -0.4 is 24.2 Å². The Labute approximate surface area is 344 Å². The van der Waals surface area contributed by atoms with Gasteiger partial charge >= 0.3 is 23.9 Å². The van der Waals surface area contributed by atoms with Crippen LogP contribution in [-0.4, -0.2) is 90.4 Å². The SMILES string of the molecule is COC(=O)c1ccccc1CS(=O)(=O)NC(=O)Nc1nc(OC)cc(OC)n1.Cc1cnc2c(C(=O)O)c(Cl)ccc2c1.O=C(O)COc1nc(Cl)c(Cl)cc1Cl. The van der Waals surface area contributed by atoms with Gasteiger partial charge < -0.3 is 29.2 Å². The summed E-state index contributed by atoms with van der Waals surface area (Å²) in [5.41, 5.74) is 1.74. The van der Waals surface area contributed by atoms with Gasteiger partial charge in [0, 0.05) is 11.6 Å². The van der Waals surface area contributed by atoms with Gasteiger partial charge in [0.15, 0.2) is 11.8 Å². The zero-order valence-electron chi connectivity index (χ0n) is 29.9. The number of halogens is 4. The first-order valence-corrected chi connectivity index (χ1v) is 18.6. The molecular weight excluding hydrogens is 858 g/mol. The number of aryl methyl sites for hydroxylation is 1. The number of nitrogens with one attached hydrogen (secondary N) is 2. The molecule has 0 aliphatic rings. The van der Waals surface area contributed by atoms with Crippen molar-refractivity contribution in [2.75, 3.05) is 33.3 Å². The van der Waals surface area contributed by atoms with Gasteiger partial charge in [0.05, 0.1) is 54.3 Å². The number of carbonyl (C=O) groups excluding carboxylic acids is 2. The van der Waals surface area contributed by atoms with Crippen molar-refractivity contribution in [1.82, 2.24) is 24.7 Å². The summed E-state index contributed by atoms with van der Waals surface area (Å²) in [5, 5.41) is 20.8. The molecule has 4 N–H and O–H groups in total. The zero-order valence-corrected chi connectivity index (χ0v) is 33.7. The minimum atomic E-state index is -4.14. The number of nitrogens with zero attached hydrogens (tertiary/aromatic N) is 4. The second kappa shape index (κ2) is 21.0. The molecule has 2 aromatic carbocycles. The molecule has 0 saturated carbocycles. The van der Waals surface area contributed by atoms with Crippen LogP contribution in [0.25, 0.3) is 10.9 Å². The number of fused-ring (bicyclic) bond motifs is 1. The predicted molar refractivity (Wildman–Crippen MR) is 209 cm³/mol. The number of aromatic carboxylic acids is 1. The molecule has 5 rings (SSSR count). The Balaban J connectivity index is 0.000000252. The van der Waals surface area contributed by atoms with Gasteiger partial charge in [-0.1, -0.05) is 70.7 Å². The molecule has 0 atom stereocenters. The van der Waals surface area contributed by atoms with Crippen molar-refractivity contribution in [3.05, 3.63) is 103 Å². The average Bonchev–Trinajstić information content (AvgIpc) is 3.15. The Morgan fingerprint density at radius 1 is 0.825 bits per heavy atom. The molecule has 0 aliphatic carbocycles. The molecule has 0 bridgehead atoms. The molecule has 3 aromatic heterocycles. The Hall–Kier alpha value is -5.73. The molecule has 302 valence electrons. The van der Waals surface area contributed by atoms with E-state index in [-0.39, 0.29) is 60.5 Å². The first-order chi connectivity index (χ1) is 26.9. The lowest BCUT2D eigenvalue weighted by Crippen LogP contribution is -2.36. The summed E-state index contributed by atoms with van der Waals surface area (Å²) in [6, 6.07) is 12.8. The monoisotopic (exact) mass is 886 g/mol. The number of hydrogen-bond acceptors (Lipinski definition) is 14. The van der Waals surface area contributed by atoms with Crippen LogP contribution in [0.4, 0.5) is 10.7 Å². The largest absolute Gasteiger partial charge is 0.481 e. The molecule has 0 aliphatic heterocycles. The highest BCUT2D eigenvalue weighted by Gasteiger charge is 2.21. The second-order valence-electron chi connectivity index (χ2n) is 10.8. The van der Waals surface area contributed by atoms with E-state index in [1.807, 2.05) is 17.7 Å². The average molecular weight is 889 g/mol. The van der Waals surface area contributed by atoms with E-state index in [0.29, 0.717) is 5.52 Å². The van der Waals surface area contributed by atoms with Gasteiger partial charge in [-0.3, -0.25) is 10.3 Å². The van der Waals surface area contributed by atoms with E-state index in [1.165, 1.54) is 45.6 Å². The number of urea groups is 1. The summed E-state index contributed by atoms with van der Waals surface area (Å²) >= 11 is 22.6. The molecular formula is C34H30Cl4N6O12S. The van der Waals surface area contributed by atoms with Crippen molar-refractivity contribution in [3.63, 3.8) is 0 Å². The molecule has 18 nitrogen and oxygen atoms in total. The molecule has 0 saturated heterocycles. The number of aromatic nitrogens is 4. The lowest BCUT2D eigenvalue weighted by Gasteiger charge is -2.11. The van der Waals surface area contributed by atoms with Crippen LogP contribution in [0.15, 0.2) is 60.8 Å². The third-order valence-corrected chi connectivity index (χ3v) is 9.12. The summed E-state index contributed by atoms with van der Waals surface area (Å²) in [7, 11) is -0.243. The van der Waals surface area contributed by atoms with Crippen molar-refractivity contribution < 1.29 is 56.8 Å². The fourth-order valence-corrected chi connectivity index (χ4v) is 6.13. The van der Waals surface area contributed by atoms with Crippen LogP contribution in [0.2, 0.25) is 20.2 Å². The number of hydrogen-bond donors (Lipinski definition) is 4. The maximum Gasteiger partial charge on any atom is 0.341 e. The topological polar surface area (TPSA) is 255 Å². The summed E-state index contributed by atoms with van der Waals surface area (Å²) < 4.78 is 45.7. The van der Waals surface area contributed by atoms with Crippen molar-refractivity contribution in [2.24, 2.45) is 0 Å². The van der Waals surface area contributed by atoms with Crippen molar-refractivity contribution >= 4 is 97.2 Å². The number of methoxy groups -OCH3 is 3. The van der Waals surface area contributed by atoms with E-state index >= 15 is 0 Å². The van der Waals surface area contributed by atoms with Crippen molar-refractivity contribution in [3.8, 4) is 17.6 Å².